The van der Waals surface area contributed by atoms with Crippen molar-refractivity contribution in [1.82, 2.24) is 24.6 Å². The molecule has 0 aliphatic rings. The van der Waals surface area contributed by atoms with Crippen LogP contribution < -0.4 is 5.32 Å². The van der Waals surface area contributed by atoms with Crippen molar-refractivity contribution in [3.05, 3.63) is 58.0 Å². The summed E-state index contributed by atoms with van der Waals surface area (Å²) in [5.74, 6) is 0.858. The first-order valence-corrected chi connectivity index (χ1v) is 8.97. The number of hydrogen-bond acceptors (Lipinski definition) is 6. The lowest BCUT2D eigenvalue weighted by molar-refractivity contribution is 0.910. The minimum atomic E-state index is 0.563. The van der Waals surface area contributed by atoms with Gasteiger partial charge in [-0.15, -0.1) is 11.3 Å². The maximum atomic E-state index is 4.70. The average molecular weight is 401 g/mol. The summed E-state index contributed by atoms with van der Waals surface area (Å²) >= 11 is 5.17. The van der Waals surface area contributed by atoms with Gasteiger partial charge in [-0.05, 0) is 34.3 Å². The molecular formula is C16H13BrN6S. The summed E-state index contributed by atoms with van der Waals surface area (Å²) in [5, 5.41) is 9.80. The van der Waals surface area contributed by atoms with Gasteiger partial charge in [-0.3, -0.25) is 9.97 Å². The maximum absolute atomic E-state index is 4.70. The van der Waals surface area contributed by atoms with E-state index in [1.54, 1.807) is 34.4 Å². The van der Waals surface area contributed by atoms with Crippen molar-refractivity contribution < 1.29 is 0 Å². The number of nitrogens with zero attached hydrogens (tertiary/aromatic N) is 5. The predicted molar refractivity (Wildman–Crippen MR) is 98.1 cm³/mol. The number of rotatable bonds is 4. The molecule has 0 fully saturated rings. The van der Waals surface area contributed by atoms with Crippen LogP contribution in [0.25, 0.3) is 16.2 Å². The molecular weight excluding hydrogens is 388 g/mol. The Bertz CT molecular complexity index is 978. The lowest BCUT2D eigenvalue weighted by Crippen LogP contribution is -2.08. The van der Waals surface area contributed by atoms with Crippen molar-refractivity contribution in [3.63, 3.8) is 0 Å². The van der Waals surface area contributed by atoms with E-state index in [0.717, 1.165) is 37.9 Å². The van der Waals surface area contributed by atoms with Gasteiger partial charge in [0.15, 0.2) is 5.65 Å². The number of aryl methyl sites for hydroxylation is 1. The first-order valence-electron chi connectivity index (χ1n) is 7.30. The fourth-order valence-corrected chi connectivity index (χ4v) is 3.34. The largest absolute Gasteiger partial charge is 0.364 e. The van der Waals surface area contributed by atoms with Gasteiger partial charge in [-0.25, -0.2) is 4.98 Å². The summed E-state index contributed by atoms with van der Waals surface area (Å²) in [4.78, 5) is 14.5. The Kier molecular flexibility index (Phi) is 3.99. The Labute approximate surface area is 150 Å². The second kappa shape index (κ2) is 6.29. The zero-order valence-electron chi connectivity index (χ0n) is 12.8. The molecule has 0 atom stereocenters. The van der Waals surface area contributed by atoms with Crippen LogP contribution in [-0.4, -0.2) is 24.6 Å². The molecule has 4 heterocycles. The fraction of sp³-hybridized carbons (Fsp3) is 0.125. The SMILES string of the molecule is Cc1cnc(CNc2cc(-c3cccs3)nc3c(Br)cnn23)cn1. The van der Waals surface area contributed by atoms with Crippen molar-refractivity contribution in [2.24, 2.45) is 0 Å². The molecule has 4 aromatic rings. The Hall–Kier alpha value is -2.32. The molecule has 0 aliphatic heterocycles. The van der Waals surface area contributed by atoms with E-state index in [4.69, 9.17) is 4.98 Å². The van der Waals surface area contributed by atoms with Crippen molar-refractivity contribution in [1.29, 1.82) is 0 Å². The smallest absolute Gasteiger partial charge is 0.172 e. The van der Waals surface area contributed by atoms with Crippen molar-refractivity contribution in [2.45, 2.75) is 13.5 Å². The third-order valence-corrected chi connectivity index (χ3v) is 4.94. The second-order valence-electron chi connectivity index (χ2n) is 5.23. The van der Waals surface area contributed by atoms with Crippen LogP contribution in [0.5, 0.6) is 0 Å². The summed E-state index contributed by atoms with van der Waals surface area (Å²) < 4.78 is 2.64. The van der Waals surface area contributed by atoms with Crippen molar-refractivity contribution in [3.8, 4) is 10.6 Å². The molecule has 6 nitrogen and oxygen atoms in total. The van der Waals surface area contributed by atoms with Gasteiger partial charge < -0.3 is 5.32 Å². The molecule has 0 bridgehead atoms. The van der Waals surface area contributed by atoms with Crippen molar-refractivity contribution >= 4 is 38.7 Å². The summed E-state index contributed by atoms with van der Waals surface area (Å²) in [7, 11) is 0. The monoisotopic (exact) mass is 400 g/mol. The van der Waals surface area contributed by atoms with Crippen LogP contribution in [0.15, 0.2) is 46.6 Å². The second-order valence-corrected chi connectivity index (χ2v) is 7.04. The quantitative estimate of drug-likeness (QED) is 0.561. The fourth-order valence-electron chi connectivity index (χ4n) is 2.30. The summed E-state index contributed by atoms with van der Waals surface area (Å²) in [6, 6.07) is 6.08. The van der Waals surface area contributed by atoms with Gasteiger partial charge in [0.1, 0.15) is 5.82 Å². The maximum Gasteiger partial charge on any atom is 0.172 e. The third kappa shape index (κ3) is 2.90. The Morgan fingerprint density at radius 3 is 2.92 bits per heavy atom. The van der Waals surface area contributed by atoms with E-state index in [-0.39, 0.29) is 0 Å². The van der Waals surface area contributed by atoms with E-state index in [2.05, 4.69) is 42.4 Å². The Balaban J connectivity index is 1.71. The Morgan fingerprint density at radius 1 is 1.25 bits per heavy atom. The minimum absolute atomic E-state index is 0.563. The molecule has 120 valence electrons. The van der Waals surface area contributed by atoms with Gasteiger partial charge in [-0.1, -0.05) is 6.07 Å². The van der Waals surface area contributed by atoms with Crippen LogP contribution in [0.2, 0.25) is 0 Å². The molecule has 0 amide bonds. The molecule has 0 saturated carbocycles. The number of halogens is 1. The van der Waals surface area contributed by atoms with Gasteiger partial charge in [0.25, 0.3) is 0 Å². The Morgan fingerprint density at radius 2 is 2.17 bits per heavy atom. The van der Waals surface area contributed by atoms with Gasteiger partial charge in [0.2, 0.25) is 0 Å². The molecule has 0 saturated heterocycles. The highest BCUT2D eigenvalue weighted by Crippen LogP contribution is 2.28. The normalized spacial score (nSPS) is 11.1. The average Bonchev–Trinajstić information content (AvgIpc) is 3.25. The standard InChI is InChI=1S/C16H13BrN6S/c1-10-6-19-11(7-18-10)8-20-15-5-13(14-3-2-4-24-14)22-16-12(17)9-21-23(15)16/h2-7,9,20H,8H2,1H3. The number of hydrogen-bond donors (Lipinski definition) is 1. The highest BCUT2D eigenvalue weighted by atomic mass is 79.9. The van der Waals surface area contributed by atoms with Crippen LogP contribution in [0, 0.1) is 6.92 Å². The molecule has 24 heavy (non-hydrogen) atoms. The number of fused-ring (bicyclic) bond motifs is 1. The van der Waals surface area contributed by atoms with E-state index in [1.807, 2.05) is 24.4 Å². The topological polar surface area (TPSA) is 68.0 Å². The van der Waals surface area contributed by atoms with Crippen LogP contribution in [0.3, 0.4) is 0 Å². The number of thiophene rings is 1. The molecule has 0 aliphatic carbocycles. The molecule has 1 N–H and O–H groups in total. The van der Waals surface area contributed by atoms with E-state index in [0.29, 0.717) is 6.54 Å². The van der Waals surface area contributed by atoms with Crippen molar-refractivity contribution in [2.75, 3.05) is 5.32 Å². The molecule has 4 rings (SSSR count). The van der Waals surface area contributed by atoms with E-state index < -0.39 is 0 Å². The number of nitrogens with one attached hydrogen (secondary N) is 1. The molecule has 8 heteroatoms. The highest BCUT2D eigenvalue weighted by molar-refractivity contribution is 9.10. The lowest BCUT2D eigenvalue weighted by Gasteiger charge is -2.10. The third-order valence-electron chi connectivity index (χ3n) is 3.49. The van der Waals surface area contributed by atoms with Crippen LogP contribution in [0.1, 0.15) is 11.4 Å². The minimum Gasteiger partial charge on any atom is -0.364 e. The van der Waals surface area contributed by atoms with Gasteiger partial charge in [-0.2, -0.15) is 9.61 Å². The van der Waals surface area contributed by atoms with Crippen LogP contribution >= 0.6 is 27.3 Å². The first-order chi connectivity index (χ1) is 11.7. The first kappa shape index (κ1) is 15.2. The molecule has 0 unspecified atom stereocenters. The molecule has 0 spiro atoms. The van der Waals surface area contributed by atoms with Crippen LogP contribution in [0.4, 0.5) is 5.82 Å². The predicted octanol–water partition coefficient (Wildman–Crippen LogP) is 3.93. The summed E-state index contributed by atoms with van der Waals surface area (Å²) in [5.41, 5.74) is 3.46. The number of anilines is 1. The van der Waals surface area contributed by atoms with E-state index in [9.17, 15) is 0 Å². The van der Waals surface area contributed by atoms with Gasteiger partial charge in [0.05, 0.1) is 45.4 Å². The van der Waals surface area contributed by atoms with E-state index >= 15 is 0 Å². The summed E-state index contributed by atoms with van der Waals surface area (Å²) in [6.07, 6.45) is 5.29. The van der Waals surface area contributed by atoms with Gasteiger partial charge >= 0.3 is 0 Å². The molecule has 0 radical (unpaired) electrons. The van der Waals surface area contributed by atoms with Crippen LogP contribution in [-0.2, 0) is 6.54 Å². The van der Waals surface area contributed by atoms with Gasteiger partial charge in [0, 0.05) is 12.3 Å². The highest BCUT2D eigenvalue weighted by Gasteiger charge is 2.12. The zero-order chi connectivity index (χ0) is 16.5. The van der Waals surface area contributed by atoms with E-state index in [1.165, 1.54) is 0 Å². The number of aromatic nitrogens is 5. The summed E-state index contributed by atoms with van der Waals surface area (Å²) in [6.45, 7) is 2.49. The molecule has 4 aromatic heterocycles. The molecule has 0 aromatic carbocycles. The zero-order valence-corrected chi connectivity index (χ0v) is 15.2. The lowest BCUT2D eigenvalue weighted by atomic mass is 10.3.